The smallest absolute Gasteiger partial charge is 0.243 e. The van der Waals surface area contributed by atoms with Crippen LogP contribution in [0.4, 0.5) is 0 Å². The summed E-state index contributed by atoms with van der Waals surface area (Å²) in [5.74, 6) is 0. The molecule has 1 aromatic rings. The second-order valence-electron chi connectivity index (χ2n) is 4.23. The largest absolute Gasteiger partial charge is 0.390 e. The maximum absolute atomic E-state index is 12.3. The zero-order chi connectivity index (χ0) is 13.3. The van der Waals surface area contributed by atoms with Gasteiger partial charge >= 0.3 is 0 Å². The van der Waals surface area contributed by atoms with Gasteiger partial charge in [0.05, 0.1) is 11.0 Å². The van der Waals surface area contributed by atoms with E-state index in [1.54, 1.807) is 36.0 Å². The Kier molecular flexibility index (Phi) is 3.98. The Bertz CT molecular complexity index is 506. The monoisotopic (exact) mass is 288 g/mol. The fourth-order valence-electron chi connectivity index (χ4n) is 1.87. The Labute approximate surface area is 111 Å². The van der Waals surface area contributed by atoms with Gasteiger partial charge in [-0.15, -0.1) is 11.8 Å². The van der Waals surface area contributed by atoms with E-state index in [1.165, 1.54) is 4.31 Å². The second-order valence-corrected chi connectivity index (χ2v) is 7.05. The number of nitrogens with zero attached hydrogens (tertiary/aromatic N) is 1. The zero-order valence-corrected chi connectivity index (χ0v) is 11.6. The molecule has 100 valence electrons. The highest BCUT2D eigenvalue weighted by atomic mass is 32.2. The van der Waals surface area contributed by atoms with Crippen molar-refractivity contribution in [2.75, 3.05) is 19.3 Å². The molecule has 3 N–H and O–H groups in total. The number of aliphatic hydroxyl groups excluding tert-OH is 1. The predicted octanol–water partition coefficient (Wildman–Crippen LogP) is 0.101. The van der Waals surface area contributed by atoms with Gasteiger partial charge in [-0.1, -0.05) is 0 Å². The molecule has 2 atom stereocenters. The molecular weight excluding hydrogens is 272 g/mol. The van der Waals surface area contributed by atoms with Crippen LogP contribution in [0.1, 0.15) is 0 Å². The van der Waals surface area contributed by atoms with E-state index >= 15 is 0 Å². The van der Waals surface area contributed by atoms with E-state index in [2.05, 4.69) is 0 Å². The van der Waals surface area contributed by atoms with Crippen molar-refractivity contribution < 1.29 is 13.5 Å². The van der Waals surface area contributed by atoms with Gasteiger partial charge in [-0.25, -0.2) is 8.42 Å². The van der Waals surface area contributed by atoms with Crippen molar-refractivity contribution in [1.82, 2.24) is 4.31 Å². The molecule has 1 fully saturated rings. The van der Waals surface area contributed by atoms with Gasteiger partial charge in [-0.2, -0.15) is 4.31 Å². The number of hydrogen-bond donors (Lipinski definition) is 2. The van der Waals surface area contributed by atoms with Crippen LogP contribution in [0.25, 0.3) is 0 Å². The number of benzene rings is 1. The molecule has 1 aliphatic rings. The standard InChI is InChI=1S/C11H16N2O3S2/c1-17-8-2-4-9(5-3-8)18(15,16)13-6-10(12)11(14)7-13/h2-5,10-11,14H,6-7,12H2,1H3/t10-,11-/m1/s1. The highest BCUT2D eigenvalue weighted by Gasteiger charge is 2.36. The normalized spacial score (nSPS) is 25.5. The SMILES string of the molecule is CSc1ccc(S(=O)(=O)N2C[C@@H](N)[C@H](O)C2)cc1. The number of thioether (sulfide) groups is 1. The Morgan fingerprint density at radius 1 is 1.33 bits per heavy atom. The summed E-state index contributed by atoms with van der Waals surface area (Å²) >= 11 is 1.55. The fraction of sp³-hybridized carbons (Fsp3) is 0.455. The summed E-state index contributed by atoms with van der Waals surface area (Å²) in [6.45, 7) is 0.224. The number of aliphatic hydroxyl groups is 1. The second kappa shape index (κ2) is 5.18. The molecule has 0 spiro atoms. The Morgan fingerprint density at radius 2 is 1.94 bits per heavy atom. The molecule has 1 saturated heterocycles. The lowest BCUT2D eigenvalue weighted by Crippen LogP contribution is -2.33. The molecule has 0 saturated carbocycles. The molecule has 7 heteroatoms. The van der Waals surface area contributed by atoms with Gasteiger partial charge < -0.3 is 10.8 Å². The summed E-state index contributed by atoms with van der Waals surface area (Å²) in [7, 11) is -3.55. The van der Waals surface area contributed by atoms with Gasteiger partial charge in [0.15, 0.2) is 0 Å². The number of rotatable bonds is 3. The molecule has 18 heavy (non-hydrogen) atoms. The van der Waals surface area contributed by atoms with Crippen LogP contribution >= 0.6 is 11.8 Å². The van der Waals surface area contributed by atoms with E-state index < -0.39 is 22.2 Å². The summed E-state index contributed by atoms with van der Waals surface area (Å²) < 4.78 is 25.8. The van der Waals surface area contributed by atoms with Gasteiger partial charge in [-0.05, 0) is 30.5 Å². The lowest BCUT2D eigenvalue weighted by molar-refractivity contribution is 0.174. The van der Waals surface area contributed by atoms with Crippen molar-refractivity contribution in [2.45, 2.75) is 21.9 Å². The van der Waals surface area contributed by atoms with Crippen molar-refractivity contribution in [2.24, 2.45) is 5.73 Å². The van der Waals surface area contributed by atoms with E-state index in [-0.39, 0.29) is 18.0 Å². The van der Waals surface area contributed by atoms with Crippen LogP contribution in [0.5, 0.6) is 0 Å². The van der Waals surface area contributed by atoms with E-state index in [0.717, 1.165) is 4.90 Å². The number of β-amino-alcohol motifs (C(OH)–C–C–N with tert-alkyl or cyclic N) is 1. The van der Waals surface area contributed by atoms with Gasteiger partial charge in [0.25, 0.3) is 0 Å². The Balaban J connectivity index is 2.25. The van der Waals surface area contributed by atoms with Gasteiger partial charge in [-0.3, -0.25) is 0 Å². The van der Waals surface area contributed by atoms with E-state index in [9.17, 15) is 13.5 Å². The molecule has 5 nitrogen and oxygen atoms in total. The first-order chi connectivity index (χ1) is 8.45. The fourth-order valence-corrected chi connectivity index (χ4v) is 3.77. The molecular formula is C11H16N2O3S2. The minimum atomic E-state index is -3.55. The molecule has 0 aromatic heterocycles. The number of sulfonamides is 1. The lowest BCUT2D eigenvalue weighted by Gasteiger charge is -2.15. The molecule has 1 aliphatic heterocycles. The van der Waals surface area contributed by atoms with Crippen molar-refractivity contribution in [3.05, 3.63) is 24.3 Å². The zero-order valence-electron chi connectivity index (χ0n) is 9.98. The minimum Gasteiger partial charge on any atom is -0.390 e. The number of hydrogen-bond acceptors (Lipinski definition) is 5. The van der Waals surface area contributed by atoms with Gasteiger partial charge in [0.1, 0.15) is 0 Å². The Hall–Kier alpha value is -0.600. The highest BCUT2D eigenvalue weighted by Crippen LogP contribution is 2.23. The molecule has 1 heterocycles. The van der Waals surface area contributed by atoms with E-state index in [1.807, 2.05) is 6.26 Å². The van der Waals surface area contributed by atoms with Crippen LogP contribution in [0.3, 0.4) is 0 Å². The van der Waals surface area contributed by atoms with Crippen molar-refractivity contribution in [3.8, 4) is 0 Å². The van der Waals surface area contributed by atoms with Crippen LogP contribution in [-0.2, 0) is 10.0 Å². The molecule has 0 radical (unpaired) electrons. The Morgan fingerprint density at radius 3 is 2.39 bits per heavy atom. The van der Waals surface area contributed by atoms with E-state index in [0.29, 0.717) is 0 Å². The minimum absolute atomic E-state index is 0.0633. The van der Waals surface area contributed by atoms with Crippen LogP contribution in [0.2, 0.25) is 0 Å². The average Bonchev–Trinajstić information content (AvgIpc) is 2.70. The summed E-state index contributed by atoms with van der Waals surface area (Å²) in [4.78, 5) is 1.24. The molecule has 0 bridgehead atoms. The topological polar surface area (TPSA) is 83.6 Å². The third-order valence-corrected chi connectivity index (χ3v) is 5.59. The first-order valence-corrected chi connectivity index (χ1v) is 8.19. The quantitative estimate of drug-likeness (QED) is 0.771. The summed E-state index contributed by atoms with van der Waals surface area (Å²) in [5.41, 5.74) is 5.63. The molecule has 0 amide bonds. The maximum atomic E-state index is 12.3. The lowest BCUT2D eigenvalue weighted by atomic mass is 10.2. The first kappa shape index (κ1) is 13.8. The van der Waals surface area contributed by atoms with Crippen molar-refractivity contribution in [1.29, 1.82) is 0 Å². The maximum Gasteiger partial charge on any atom is 0.243 e. The van der Waals surface area contributed by atoms with Crippen molar-refractivity contribution in [3.63, 3.8) is 0 Å². The summed E-state index contributed by atoms with van der Waals surface area (Å²) in [6, 6.07) is 6.19. The third kappa shape index (κ3) is 2.55. The molecule has 2 rings (SSSR count). The predicted molar refractivity (Wildman–Crippen MR) is 71.0 cm³/mol. The highest BCUT2D eigenvalue weighted by molar-refractivity contribution is 7.98. The average molecular weight is 288 g/mol. The molecule has 0 aliphatic carbocycles. The van der Waals surface area contributed by atoms with Crippen LogP contribution in [-0.4, -0.2) is 49.3 Å². The molecule has 1 aromatic carbocycles. The van der Waals surface area contributed by atoms with Crippen LogP contribution in [0.15, 0.2) is 34.1 Å². The number of nitrogens with two attached hydrogens (primary N) is 1. The van der Waals surface area contributed by atoms with Gasteiger partial charge in [0.2, 0.25) is 10.0 Å². The van der Waals surface area contributed by atoms with Crippen molar-refractivity contribution >= 4 is 21.8 Å². The van der Waals surface area contributed by atoms with Crippen LogP contribution < -0.4 is 5.73 Å². The van der Waals surface area contributed by atoms with E-state index in [4.69, 9.17) is 5.73 Å². The summed E-state index contributed by atoms with van der Waals surface area (Å²) in [5, 5.41) is 9.53. The molecule has 0 unspecified atom stereocenters. The first-order valence-electron chi connectivity index (χ1n) is 5.53. The summed E-state index contributed by atoms with van der Waals surface area (Å²) in [6.07, 6.45) is 1.14. The van der Waals surface area contributed by atoms with Gasteiger partial charge in [0, 0.05) is 24.0 Å². The third-order valence-electron chi connectivity index (χ3n) is 3.00. The van der Waals surface area contributed by atoms with Crippen LogP contribution in [0, 0.1) is 0 Å².